The van der Waals surface area contributed by atoms with Crippen molar-refractivity contribution in [3.63, 3.8) is 0 Å². The van der Waals surface area contributed by atoms with Crippen molar-refractivity contribution in [1.29, 1.82) is 0 Å². The first-order valence-electron chi connectivity index (χ1n) is 8.13. The Labute approximate surface area is 144 Å². The topological polar surface area (TPSA) is 56.7 Å². The highest BCUT2D eigenvalue weighted by atomic mass is 32.1. The lowest BCUT2D eigenvalue weighted by Gasteiger charge is -2.04. The van der Waals surface area contributed by atoms with E-state index in [0.29, 0.717) is 18.1 Å². The molecular formula is C18H18N4OS. The molecule has 0 amide bonds. The molecule has 24 heavy (non-hydrogen) atoms. The van der Waals surface area contributed by atoms with Gasteiger partial charge in [-0.05, 0) is 36.6 Å². The quantitative estimate of drug-likeness (QED) is 0.544. The van der Waals surface area contributed by atoms with E-state index in [-0.39, 0.29) is 0 Å². The molecule has 0 aliphatic rings. The molecule has 6 heteroatoms. The zero-order valence-electron chi connectivity index (χ0n) is 13.7. The van der Waals surface area contributed by atoms with Crippen LogP contribution in [0.1, 0.15) is 30.4 Å². The van der Waals surface area contributed by atoms with Gasteiger partial charge in [0.15, 0.2) is 0 Å². The van der Waals surface area contributed by atoms with Crippen molar-refractivity contribution in [3.05, 3.63) is 52.3 Å². The summed E-state index contributed by atoms with van der Waals surface area (Å²) in [5.41, 5.74) is 3.09. The summed E-state index contributed by atoms with van der Waals surface area (Å²) in [6.07, 6.45) is 1.60. The number of nitrogens with zero attached hydrogens (tertiary/aromatic N) is 4. The molecule has 5 nitrogen and oxygen atoms in total. The lowest BCUT2D eigenvalue weighted by molar-refractivity contribution is 0.386. The zero-order valence-corrected chi connectivity index (χ0v) is 14.5. The van der Waals surface area contributed by atoms with Gasteiger partial charge in [-0.3, -0.25) is 0 Å². The molecule has 0 bridgehead atoms. The van der Waals surface area contributed by atoms with Gasteiger partial charge >= 0.3 is 0 Å². The maximum atomic E-state index is 5.41. The standard InChI is InChI=1S/C18H18N4OS/c1-3-16-19-14-8-7-12(10-15(14)22(16)4-2)18-20-17(23-21-18)11-13-6-5-9-24-13/h5-10H,3-4,11H2,1-2H3. The Balaban J connectivity index is 1.70. The van der Waals surface area contributed by atoms with Crippen molar-refractivity contribution in [3.8, 4) is 11.4 Å². The van der Waals surface area contributed by atoms with E-state index in [9.17, 15) is 0 Å². The number of aromatic nitrogens is 4. The summed E-state index contributed by atoms with van der Waals surface area (Å²) < 4.78 is 7.65. The Bertz CT molecular complexity index is 968. The van der Waals surface area contributed by atoms with Crippen LogP contribution in [0.4, 0.5) is 0 Å². The van der Waals surface area contributed by atoms with Crippen LogP contribution in [-0.2, 0) is 19.4 Å². The van der Waals surface area contributed by atoms with Crippen LogP contribution < -0.4 is 0 Å². The van der Waals surface area contributed by atoms with Crippen LogP contribution in [0.25, 0.3) is 22.4 Å². The van der Waals surface area contributed by atoms with Crippen LogP contribution in [0, 0.1) is 0 Å². The normalized spacial score (nSPS) is 11.4. The molecule has 1 aromatic carbocycles. The number of hydrogen-bond acceptors (Lipinski definition) is 5. The Morgan fingerprint density at radius 1 is 1.17 bits per heavy atom. The largest absolute Gasteiger partial charge is 0.339 e. The molecule has 0 saturated carbocycles. The summed E-state index contributed by atoms with van der Waals surface area (Å²) in [6.45, 7) is 5.17. The van der Waals surface area contributed by atoms with Crippen LogP contribution in [0.15, 0.2) is 40.2 Å². The van der Waals surface area contributed by atoms with Crippen molar-refractivity contribution in [2.24, 2.45) is 0 Å². The molecule has 0 N–H and O–H groups in total. The molecule has 0 unspecified atom stereocenters. The minimum absolute atomic E-state index is 0.630. The van der Waals surface area contributed by atoms with Gasteiger partial charge in [0.2, 0.25) is 11.7 Å². The molecule has 3 aromatic heterocycles. The smallest absolute Gasteiger partial charge is 0.232 e. The summed E-state index contributed by atoms with van der Waals surface area (Å²) in [7, 11) is 0. The third-order valence-electron chi connectivity index (χ3n) is 4.09. The SMILES string of the molecule is CCc1nc2ccc(-c3noc(Cc4cccs4)n3)cc2n1CC. The first-order valence-corrected chi connectivity index (χ1v) is 9.01. The van der Waals surface area contributed by atoms with E-state index in [2.05, 4.69) is 46.1 Å². The molecular weight excluding hydrogens is 320 g/mol. The van der Waals surface area contributed by atoms with Gasteiger partial charge < -0.3 is 9.09 Å². The Morgan fingerprint density at radius 2 is 2.08 bits per heavy atom. The molecule has 0 atom stereocenters. The van der Waals surface area contributed by atoms with Crippen molar-refractivity contribution in [2.75, 3.05) is 0 Å². The van der Waals surface area contributed by atoms with Crippen molar-refractivity contribution >= 4 is 22.4 Å². The Morgan fingerprint density at radius 3 is 2.83 bits per heavy atom. The second-order valence-electron chi connectivity index (χ2n) is 5.60. The molecule has 0 aliphatic carbocycles. The predicted octanol–water partition coefficient (Wildman–Crippen LogP) is 4.32. The van der Waals surface area contributed by atoms with Gasteiger partial charge in [0.05, 0.1) is 17.5 Å². The predicted molar refractivity (Wildman–Crippen MR) is 95.2 cm³/mol. The van der Waals surface area contributed by atoms with E-state index in [1.54, 1.807) is 11.3 Å². The highest BCUT2D eigenvalue weighted by Crippen LogP contribution is 2.24. The minimum atomic E-state index is 0.630. The summed E-state index contributed by atoms with van der Waals surface area (Å²) in [5, 5.41) is 6.20. The fourth-order valence-electron chi connectivity index (χ4n) is 2.94. The van der Waals surface area contributed by atoms with Gasteiger partial charge in [-0.1, -0.05) is 18.1 Å². The van der Waals surface area contributed by atoms with Crippen molar-refractivity contribution in [1.82, 2.24) is 19.7 Å². The highest BCUT2D eigenvalue weighted by molar-refractivity contribution is 7.09. The third-order valence-corrected chi connectivity index (χ3v) is 4.97. The number of rotatable bonds is 5. The summed E-state index contributed by atoms with van der Waals surface area (Å²) in [4.78, 5) is 10.5. The van der Waals surface area contributed by atoms with Gasteiger partial charge in [0.1, 0.15) is 5.82 Å². The second kappa shape index (κ2) is 6.20. The number of aryl methyl sites for hydroxylation is 2. The molecule has 4 rings (SSSR count). The first kappa shape index (κ1) is 15.1. The monoisotopic (exact) mass is 338 g/mol. The van der Waals surface area contributed by atoms with Gasteiger partial charge in [-0.2, -0.15) is 4.98 Å². The van der Waals surface area contributed by atoms with E-state index in [0.717, 1.165) is 35.4 Å². The van der Waals surface area contributed by atoms with Crippen molar-refractivity contribution < 1.29 is 4.52 Å². The van der Waals surface area contributed by atoms with Gasteiger partial charge in [-0.15, -0.1) is 11.3 Å². The summed E-state index contributed by atoms with van der Waals surface area (Å²) in [6, 6.07) is 10.2. The highest BCUT2D eigenvalue weighted by Gasteiger charge is 2.13. The lowest BCUT2D eigenvalue weighted by Crippen LogP contribution is -1.99. The fraction of sp³-hybridized carbons (Fsp3) is 0.278. The van der Waals surface area contributed by atoms with Crippen LogP contribution in [-0.4, -0.2) is 19.7 Å². The number of fused-ring (bicyclic) bond motifs is 1. The molecule has 0 aliphatic heterocycles. The van der Waals surface area contributed by atoms with E-state index in [4.69, 9.17) is 9.51 Å². The molecule has 122 valence electrons. The molecule has 4 aromatic rings. The van der Waals surface area contributed by atoms with Crippen molar-refractivity contribution in [2.45, 2.75) is 33.2 Å². The molecule has 3 heterocycles. The number of hydrogen-bond donors (Lipinski definition) is 0. The number of imidazole rings is 1. The first-order chi connectivity index (χ1) is 11.8. The second-order valence-corrected chi connectivity index (χ2v) is 6.63. The van der Waals surface area contributed by atoms with E-state index < -0.39 is 0 Å². The maximum absolute atomic E-state index is 5.41. The lowest BCUT2D eigenvalue weighted by atomic mass is 10.2. The molecule has 0 spiro atoms. The van der Waals surface area contributed by atoms with Crippen LogP contribution >= 0.6 is 11.3 Å². The van der Waals surface area contributed by atoms with E-state index >= 15 is 0 Å². The van der Waals surface area contributed by atoms with Gasteiger partial charge in [0.25, 0.3) is 0 Å². The van der Waals surface area contributed by atoms with E-state index in [1.165, 1.54) is 4.88 Å². The average Bonchev–Trinajstić information content (AvgIpc) is 3.33. The average molecular weight is 338 g/mol. The van der Waals surface area contributed by atoms with Crippen LogP contribution in [0.3, 0.4) is 0 Å². The van der Waals surface area contributed by atoms with Gasteiger partial charge in [0, 0.05) is 23.4 Å². The van der Waals surface area contributed by atoms with Crippen LogP contribution in [0.5, 0.6) is 0 Å². The summed E-state index contributed by atoms with van der Waals surface area (Å²) in [5.74, 6) is 2.38. The molecule has 0 saturated heterocycles. The Hall–Kier alpha value is -2.47. The summed E-state index contributed by atoms with van der Waals surface area (Å²) >= 11 is 1.70. The Kier molecular flexibility index (Phi) is 3.90. The molecule has 0 fully saturated rings. The maximum Gasteiger partial charge on any atom is 0.232 e. The fourth-order valence-corrected chi connectivity index (χ4v) is 3.64. The molecule has 0 radical (unpaired) electrons. The number of benzene rings is 1. The third kappa shape index (κ3) is 2.63. The van der Waals surface area contributed by atoms with Crippen LogP contribution in [0.2, 0.25) is 0 Å². The van der Waals surface area contributed by atoms with Gasteiger partial charge in [-0.25, -0.2) is 4.98 Å². The minimum Gasteiger partial charge on any atom is -0.339 e. The zero-order chi connectivity index (χ0) is 16.5. The van der Waals surface area contributed by atoms with E-state index in [1.807, 2.05) is 18.2 Å². The number of thiophene rings is 1.